The molecule has 0 aliphatic carbocycles. The third-order valence-electron chi connectivity index (χ3n) is 5.52. The lowest BCUT2D eigenvalue weighted by Crippen LogP contribution is -2.30. The number of benzene rings is 1. The predicted octanol–water partition coefficient (Wildman–Crippen LogP) is 6.33. The third kappa shape index (κ3) is 6.65. The number of furan rings is 1. The van der Waals surface area contributed by atoms with Gasteiger partial charge >= 0.3 is 0 Å². The summed E-state index contributed by atoms with van der Waals surface area (Å²) in [6, 6.07) is 16.6. The number of carbonyl (C=O) groups excluding carboxylic acids is 1. The second kappa shape index (κ2) is 11.4. The average molecular weight is 407 g/mol. The molecule has 160 valence electrons. The summed E-state index contributed by atoms with van der Waals surface area (Å²) in [4.78, 5) is 14.9. The maximum Gasteiger partial charge on any atom is 0.223 e. The van der Waals surface area contributed by atoms with Crippen molar-refractivity contribution in [1.82, 2.24) is 9.47 Å². The van der Waals surface area contributed by atoms with Crippen LogP contribution in [0.25, 0.3) is 0 Å². The molecule has 2 heterocycles. The summed E-state index contributed by atoms with van der Waals surface area (Å²) in [7, 11) is 0. The summed E-state index contributed by atoms with van der Waals surface area (Å²) in [5.41, 5.74) is 3.67. The zero-order valence-corrected chi connectivity index (χ0v) is 18.3. The van der Waals surface area contributed by atoms with Gasteiger partial charge in [0.15, 0.2) is 0 Å². The zero-order valence-electron chi connectivity index (χ0n) is 18.3. The van der Waals surface area contributed by atoms with Gasteiger partial charge < -0.3 is 13.9 Å². The van der Waals surface area contributed by atoms with E-state index in [1.54, 1.807) is 6.26 Å². The van der Waals surface area contributed by atoms with E-state index in [1.165, 1.54) is 30.4 Å². The second-order valence-corrected chi connectivity index (χ2v) is 8.11. The number of aryl methyl sites for hydroxylation is 1. The minimum Gasteiger partial charge on any atom is -0.467 e. The molecule has 0 N–H and O–H groups in total. The smallest absolute Gasteiger partial charge is 0.223 e. The number of amides is 1. The Morgan fingerprint density at radius 1 is 0.967 bits per heavy atom. The Morgan fingerprint density at radius 3 is 2.50 bits per heavy atom. The number of hydrogen-bond donors (Lipinski definition) is 0. The fourth-order valence-corrected chi connectivity index (χ4v) is 3.69. The van der Waals surface area contributed by atoms with Crippen LogP contribution in [0.15, 0.2) is 65.4 Å². The van der Waals surface area contributed by atoms with Crippen molar-refractivity contribution in [2.45, 2.75) is 72.0 Å². The van der Waals surface area contributed by atoms with E-state index >= 15 is 0 Å². The van der Waals surface area contributed by atoms with Crippen molar-refractivity contribution in [3.8, 4) is 0 Å². The molecule has 4 heteroatoms. The molecule has 1 aromatic carbocycles. The molecule has 3 rings (SSSR count). The number of carbonyl (C=O) groups is 1. The summed E-state index contributed by atoms with van der Waals surface area (Å²) < 4.78 is 7.76. The monoisotopic (exact) mass is 406 g/mol. The van der Waals surface area contributed by atoms with E-state index in [4.69, 9.17) is 4.42 Å². The molecule has 0 saturated heterocycles. The van der Waals surface area contributed by atoms with Crippen molar-refractivity contribution in [2.75, 3.05) is 0 Å². The largest absolute Gasteiger partial charge is 0.467 e. The Hall–Kier alpha value is -2.75. The van der Waals surface area contributed by atoms with Crippen molar-refractivity contribution in [1.29, 1.82) is 0 Å². The second-order valence-electron chi connectivity index (χ2n) is 8.11. The molecule has 4 nitrogen and oxygen atoms in total. The van der Waals surface area contributed by atoms with Crippen LogP contribution in [0.4, 0.5) is 0 Å². The van der Waals surface area contributed by atoms with Crippen LogP contribution in [-0.4, -0.2) is 15.4 Å². The molecule has 3 aromatic rings. The van der Waals surface area contributed by atoms with Crippen molar-refractivity contribution in [2.24, 2.45) is 0 Å². The number of nitrogens with zero attached hydrogens (tertiary/aromatic N) is 2. The summed E-state index contributed by atoms with van der Waals surface area (Å²) in [6.07, 6.45) is 10.1. The zero-order chi connectivity index (χ0) is 21.2. The molecule has 0 bridgehead atoms. The Kier molecular flexibility index (Phi) is 8.37. The van der Waals surface area contributed by atoms with E-state index in [2.05, 4.69) is 61.0 Å². The van der Waals surface area contributed by atoms with Crippen LogP contribution in [0.1, 0.15) is 68.0 Å². The van der Waals surface area contributed by atoms with Gasteiger partial charge in [0.05, 0.1) is 19.4 Å². The summed E-state index contributed by atoms with van der Waals surface area (Å²) in [6.45, 7) is 6.22. The van der Waals surface area contributed by atoms with Crippen LogP contribution in [0.5, 0.6) is 0 Å². The molecule has 0 aliphatic rings. The SMILES string of the molecule is CCCCCCCC(=O)N(Cc1ccco1)Cc1cccn1Cc1ccc(C)cc1. The van der Waals surface area contributed by atoms with Gasteiger partial charge in [-0.25, -0.2) is 0 Å². The lowest BCUT2D eigenvalue weighted by atomic mass is 10.1. The van der Waals surface area contributed by atoms with Gasteiger partial charge in [-0.2, -0.15) is 0 Å². The first-order chi connectivity index (χ1) is 14.7. The Bertz CT molecular complexity index is 878. The molecule has 2 aromatic heterocycles. The van der Waals surface area contributed by atoms with Gasteiger partial charge in [0.25, 0.3) is 0 Å². The summed E-state index contributed by atoms with van der Waals surface area (Å²) in [5.74, 6) is 1.02. The molecule has 0 saturated carbocycles. The average Bonchev–Trinajstić information content (AvgIpc) is 3.41. The van der Waals surface area contributed by atoms with Crippen molar-refractivity contribution >= 4 is 5.91 Å². The third-order valence-corrected chi connectivity index (χ3v) is 5.52. The highest BCUT2D eigenvalue weighted by Crippen LogP contribution is 2.16. The van der Waals surface area contributed by atoms with Crippen LogP contribution in [0.2, 0.25) is 0 Å². The van der Waals surface area contributed by atoms with Gasteiger partial charge in [-0.1, -0.05) is 62.4 Å². The van der Waals surface area contributed by atoms with Crippen molar-refractivity contribution in [3.05, 3.63) is 83.6 Å². The van der Waals surface area contributed by atoms with Crippen LogP contribution in [0, 0.1) is 6.92 Å². The fourth-order valence-electron chi connectivity index (χ4n) is 3.69. The molecule has 0 radical (unpaired) electrons. The molecule has 1 amide bonds. The molecule has 0 unspecified atom stereocenters. The Balaban J connectivity index is 1.66. The first-order valence-electron chi connectivity index (χ1n) is 11.2. The minimum atomic E-state index is 0.200. The van der Waals surface area contributed by atoms with Crippen molar-refractivity contribution in [3.63, 3.8) is 0 Å². The van der Waals surface area contributed by atoms with E-state index in [0.29, 0.717) is 19.5 Å². The fraction of sp³-hybridized carbons (Fsp3) is 0.423. The predicted molar refractivity (Wildman–Crippen MR) is 121 cm³/mol. The molecule has 0 spiro atoms. The molecular weight excluding hydrogens is 372 g/mol. The van der Waals surface area contributed by atoms with E-state index in [-0.39, 0.29) is 5.91 Å². The van der Waals surface area contributed by atoms with Gasteiger partial charge in [0.2, 0.25) is 5.91 Å². The van der Waals surface area contributed by atoms with Crippen molar-refractivity contribution < 1.29 is 9.21 Å². The number of aromatic nitrogens is 1. The van der Waals surface area contributed by atoms with E-state index in [9.17, 15) is 4.79 Å². The first-order valence-corrected chi connectivity index (χ1v) is 11.2. The molecule has 0 aliphatic heterocycles. The van der Waals surface area contributed by atoms with E-state index in [0.717, 1.165) is 30.8 Å². The highest BCUT2D eigenvalue weighted by atomic mass is 16.3. The van der Waals surface area contributed by atoms with Crippen LogP contribution >= 0.6 is 0 Å². The van der Waals surface area contributed by atoms with Crippen LogP contribution < -0.4 is 0 Å². The summed E-state index contributed by atoms with van der Waals surface area (Å²) >= 11 is 0. The normalized spacial score (nSPS) is 11.0. The van der Waals surface area contributed by atoms with Gasteiger partial charge in [0.1, 0.15) is 5.76 Å². The lowest BCUT2D eigenvalue weighted by Gasteiger charge is -2.23. The van der Waals surface area contributed by atoms with Gasteiger partial charge in [-0.3, -0.25) is 4.79 Å². The van der Waals surface area contributed by atoms with E-state index < -0.39 is 0 Å². The topological polar surface area (TPSA) is 38.4 Å². The number of rotatable bonds is 12. The van der Waals surface area contributed by atoms with E-state index in [1.807, 2.05) is 17.0 Å². The maximum atomic E-state index is 13.0. The molecule has 0 fully saturated rings. The van der Waals surface area contributed by atoms with Gasteiger partial charge in [0, 0.05) is 24.9 Å². The molecule has 0 atom stereocenters. The van der Waals surface area contributed by atoms with Gasteiger partial charge in [-0.15, -0.1) is 0 Å². The number of unbranched alkanes of at least 4 members (excludes halogenated alkanes) is 4. The van der Waals surface area contributed by atoms with Gasteiger partial charge in [-0.05, 0) is 43.2 Å². The number of hydrogen-bond acceptors (Lipinski definition) is 2. The van der Waals surface area contributed by atoms with Crippen LogP contribution in [-0.2, 0) is 24.4 Å². The quantitative estimate of drug-likeness (QED) is 0.330. The highest BCUT2D eigenvalue weighted by molar-refractivity contribution is 5.76. The summed E-state index contributed by atoms with van der Waals surface area (Å²) in [5, 5.41) is 0. The standard InChI is InChI=1S/C26H34N2O2/c1-3-4-5-6-7-12-26(29)28(21-25-11-9-18-30-25)20-24-10-8-17-27(24)19-23-15-13-22(2)14-16-23/h8-11,13-18H,3-7,12,19-21H2,1-2H3. The Labute approximate surface area is 180 Å². The Morgan fingerprint density at radius 2 is 1.77 bits per heavy atom. The molecule has 30 heavy (non-hydrogen) atoms. The van der Waals surface area contributed by atoms with Crippen LogP contribution in [0.3, 0.4) is 0 Å². The first kappa shape index (κ1) is 21.9. The highest BCUT2D eigenvalue weighted by Gasteiger charge is 2.17. The lowest BCUT2D eigenvalue weighted by molar-refractivity contribution is -0.133. The minimum absolute atomic E-state index is 0.200. The maximum absolute atomic E-state index is 13.0. The molecular formula is C26H34N2O2.